The normalized spacial score (nSPS) is 11.8. The van der Waals surface area contributed by atoms with Gasteiger partial charge in [0.05, 0.1) is 11.0 Å². The first kappa shape index (κ1) is 38.7. The Morgan fingerprint density at radius 2 is 0.768 bits per heavy atom. The van der Waals surface area contributed by atoms with Crippen LogP contribution in [0.3, 0.4) is 0 Å². The van der Waals surface area contributed by atoms with Crippen LogP contribution in [-0.2, 0) is 0 Å². The third kappa shape index (κ3) is 6.57. The van der Waals surface area contributed by atoms with Crippen LogP contribution < -0.4 is 0 Å². The number of fused-ring (bicyclic) bond motifs is 9. The fourth-order valence-corrected chi connectivity index (χ4v) is 9.73. The standard InChI is InChI=1S/C61H36N6O2/c1-2-11-37(12-3-1)43-14-10-15-46(36-43)67-55-47-16-5-4-13-38(47)29-33-49(55)50-34-30-44-35-45(31-32-48(44)56(50)67)59-65-57(39-21-25-41(26-22-39)60-62-51-17-6-8-19-53(51)68-60)64-58(66-59)40-23-27-42(28-24-40)61-63-52-18-7-9-20-54(52)69-61/h1-36H. The average molecular weight is 885 g/mol. The largest absolute Gasteiger partial charge is 0.436 e. The lowest BCUT2D eigenvalue weighted by Gasteiger charge is -2.13. The predicted octanol–water partition coefficient (Wildman–Crippen LogP) is 15.6. The van der Waals surface area contributed by atoms with Crippen molar-refractivity contribution < 1.29 is 8.83 Å². The molecule has 0 fully saturated rings. The fraction of sp³-hybridized carbons (Fsp3) is 0. The third-order valence-corrected chi connectivity index (χ3v) is 13.1. The van der Waals surface area contributed by atoms with Gasteiger partial charge in [-0.2, -0.15) is 0 Å². The zero-order valence-corrected chi connectivity index (χ0v) is 36.8. The summed E-state index contributed by atoms with van der Waals surface area (Å²) in [5.41, 5.74) is 13.1. The summed E-state index contributed by atoms with van der Waals surface area (Å²) in [6.07, 6.45) is 0. The molecule has 8 nitrogen and oxygen atoms in total. The summed E-state index contributed by atoms with van der Waals surface area (Å²) in [6, 6.07) is 75.2. The van der Waals surface area contributed by atoms with E-state index >= 15 is 0 Å². The summed E-state index contributed by atoms with van der Waals surface area (Å²) in [4.78, 5) is 24.9. The Labute approximate surface area is 394 Å². The first-order chi connectivity index (χ1) is 34.1. The molecule has 8 heteroatoms. The van der Waals surface area contributed by atoms with E-state index in [2.05, 4.69) is 126 Å². The lowest BCUT2D eigenvalue weighted by molar-refractivity contribution is 0.619. The molecule has 0 saturated heterocycles. The van der Waals surface area contributed by atoms with Gasteiger partial charge < -0.3 is 13.4 Å². The van der Waals surface area contributed by atoms with Gasteiger partial charge in [0.2, 0.25) is 11.8 Å². The van der Waals surface area contributed by atoms with Gasteiger partial charge in [0.25, 0.3) is 0 Å². The molecule has 0 amide bonds. The number of para-hydroxylation sites is 4. The molecule has 0 radical (unpaired) electrons. The van der Waals surface area contributed by atoms with Crippen LogP contribution in [0, 0.1) is 0 Å². The van der Waals surface area contributed by atoms with Gasteiger partial charge in [0, 0.05) is 55.0 Å². The highest BCUT2D eigenvalue weighted by molar-refractivity contribution is 6.24. The van der Waals surface area contributed by atoms with Crippen molar-refractivity contribution in [1.29, 1.82) is 0 Å². The number of hydrogen-bond donors (Lipinski definition) is 0. The van der Waals surface area contributed by atoms with E-state index in [-0.39, 0.29) is 0 Å². The number of hydrogen-bond acceptors (Lipinski definition) is 7. The van der Waals surface area contributed by atoms with Gasteiger partial charge in [-0.25, -0.2) is 24.9 Å². The first-order valence-corrected chi connectivity index (χ1v) is 22.9. The summed E-state index contributed by atoms with van der Waals surface area (Å²) in [5.74, 6) is 2.76. The predicted molar refractivity (Wildman–Crippen MR) is 277 cm³/mol. The molecule has 0 aliphatic heterocycles. The molecule has 0 aliphatic carbocycles. The molecule has 0 saturated carbocycles. The molecule has 0 unspecified atom stereocenters. The maximum absolute atomic E-state index is 6.10. The summed E-state index contributed by atoms with van der Waals surface area (Å²) >= 11 is 0. The molecule has 14 rings (SSSR count). The van der Waals surface area contributed by atoms with E-state index in [4.69, 9.17) is 33.8 Å². The molecule has 322 valence electrons. The molecule has 0 spiro atoms. The molecule has 0 bridgehead atoms. The molecule has 0 N–H and O–H groups in total. The zero-order chi connectivity index (χ0) is 45.4. The lowest BCUT2D eigenvalue weighted by Crippen LogP contribution is -2.00. The van der Waals surface area contributed by atoms with Gasteiger partial charge in [-0.1, -0.05) is 152 Å². The molecule has 0 atom stereocenters. The summed E-state index contributed by atoms with van der Waals surface area (Å²) in [5, 5.41) is 6.99. The van der Waals surface area contributed by atoms with Crippen LogP contribution in [0.5, 0.6) is 0 Å². The molecule has 14 aromatic rings. The highest BCUT2D eigenvalue weighted by Gasteiger charge is 2.20. The van der Waals surface area contributed by atoms with E-state index in [1.807, 2.05) is 97.1 Å². The zero-order valence-electron chi connectivity index (χ0n) is 36.8. The Hall–Kier alpha value is -9.53. The Kier molecular flexibility index (Phi) is 8.72. The maximum Gasteiger partial charge on any atom is 0.227 e. The quantitative estimate of drug-likeness (QED) is 0.157. The Balaban J connectivity index is 0.924. The smallest absolute Gasteiger partial charge is 0.227 e. The van der Waals surface area contributed by atoms with E-state index in [0.29, 0.717) is 29.3 Å². The Morgan fingerprint density at radius 3 is 1.39 bits per heavy atom. The van der Waals surface area contributed by atoms with E-state index in [1.165, 1.54) is 32.6 Å². The molecule has 10 aromatic carbocycles. The molecular formula is C61H36N6O2. The number of oxazole rings is 2. The van der Waals surface area contributed by atoms with Crippen molar-refractivity contribution in [2.75, 3.05) is 0 Å². The van der Waals surface area contributed by atoms with Crippen LogP contribution in [0.4, 0.5) is 0 Å². The third-order valence-electron chi connectivity index (χ3n) is 13.1. The minimum atomic E-state index is 0.544. The van der Waals surface area contributed by atoms with Crippen molar-refractivity contribution in [2.45, 2.75) is 0 Å². The first-order valence-electron chi connectivity index (χ1n) is 22.9. The SMILES string of the molecule is c1ccc(-c2cccc(-n3c4c5ccccc5ccc4c4ccc5cc(-c6nc(-c7ccc(-c8nc9ccccc9o8)cc7)nc(-c7ccc(-c8nc9ccccc9o8)cc7)n6)ccc5c43)c2)cc1. The van der Waals surface area contributed by atoms with Crippen molar-refractivity contribution in [3.63, 3.8) is 0 Å². The van der Waals surface area contributed by atoms with Crippen LogP contribution in [-0.4, -0.2) is 29.5 Å². The van der Waals surface area contributed by atoms with Gasteiger partial charge in [0.1, 0.15) is 11.0 Å². The van der Waals surface area contributed by atoms with Crippen LogP contribution in [0.2, 0.25) is 0 Å². The van der Waals surface area contributed by atoms with Crippen molar-refractivity contribution in [3.8, 4) is 73.9 Å². The molecule has 4 heterocycles. The van der Waals surface area contributed by atoms with E-state index in [1.54, 1.807) is 0 Å². The van der Waals surface area contributed by atoms with Crippen molar-refractivity contribution >= 4 is 65.6 Å². The second kappa shape index (κ2) is 15.5. The second-order valence-electron chi connectivity index (χ2n) is 17.3. The van der Waals surface area contributed by atoms with Crippen LogP contribution in [0.1, 0.15) is 0 Å². The van der Waals surface area contributed by atoms with Crippen molar-refractivity contribution in [2.24, 2.45) is 0 Å². The minimum Gasteiger partial charge on any atom is -0.436 e. The number of aromatic nitrogens is 6. The Morgan fingerprint density at radius 1 is 0.290 bits per heavy atom. The highest BCUT2D eigenvalue weighted by atomic mass is 16.4. The average Bonchev–Trinajstić information content (AvgIpc) is 4.16. The van der Waals surface area contributed by atoms with Gasteiger partial charge in [-0.05, 0) is 88.6 Å². The van der Waals surface area contributed by atoms with Crippen molar-refractivity contribution in [1.82, 2.24) is 29.5 Å². The van der Waals surface area contributed by atoms with Gasteiger partial charge in [-0.3, -0.25) is 0 Å². The summed E-state index contributed by atoms with van der Waals surface area (Å²) in [6.45, 7) is 0. The van der Waals surface area contributed by atoms with E-state index < -0.39 is 0 Å². The van der Waals surface area contributed by atoms with Gasteiger partial charge in [-0.15, -0.1) is 0 Å². The van der Waals surface area contributed by atoms with Gasteiger partial charge in [0.15, 0.2) is 28.6 Å². The maximum atomic E-state index is 6.10. The highest BCUT2D eigenvalue weighted by Crippen LogP contribution is 2.41. The van der Waals surface area contributed by atoms with E-state index in [9.17, 15) is 0 Å². The summed E-state index contributed by atoms with van der Waals surface area (Å²) < 4.78 is 14.7. The van der Waals surface area contributed by atoms with Crippen LogP contribution in [0.15, 0.2) is 227 Å². The Bertz CT molecular complexity index is 4100. The minimum absolute atomic E-state index is 0.544. The number of rotatable bonds is 7. The number of nitrogens with zero attached hydrogens (tertiary/aromatic N) is 6. The van der Waals surface area contributed by atoms with Crippen molar-refractivity contribution in [3.05, 3.63) is 218 Å². The molecular weight excluding hydrogens is 849 g/mol. The van der Waals surface area contributed by atoms with Gasteiger partial charge >= 0.3 is 0 Å². The molecule has 4 aromatic heterocycles. The van der Waals surface area contributed by atoms with Crippen LogP contribution in [0.25, 0.3) is 139 Å². The lowest BCUT2D eigenvalue weighted by atomic mass is 10.0. The fourth-order valence-electron chi connectivity index (χ4n) is 9.73. The second-order valence-corrected chi connectivity index (χ2v) is 17.3. The van der Waals surface area contributed by atoms with Crippen LogP contribution >= 0.6 is 0 Å². The number of benzene rings is 10. The summed E-state index contributed by atoms with van der Waals surface area (Å²) in [7, 11) is 0. The monoisotopic (exact) mass is 884 g/mol. The topological polar surface area (TPSA) is 95.7 Å². The molecule has 0 aliphatic rings. The molecule has 69 heavy (non-hydrogen) atoms. The van der Waals surface area contributed by atoms with E-state index in [0.717, 1.165) is 77.6 Å².